The summed E-state index contributed by atoms with van der Waals surface area (Å²) >= 11 is 2.69. The van der Waals surface area contributed by atoms with Crippen LogP contribution in [0, 0.1) is 0 Å². The molecule has 1 amide bonds. The maximum atomic E-state index is 12.3. The van der Waals surface area contributed by atoms with Crippen LogP contribution in [0.15, 0.2) is 60.7 Å². The van der Waals surface area contributed by atoms with Gasteiger partial charge >= 0.3 is 0 Å². The fraction of sp³-hybridized carbons (Fsp3) is 0.0476. The fourth-order valence-corrected chi connectivity index (χ4v) is 4.42. The fourth-order valence-electron chi connectivity index (χ4n) is 2.66. The Kier molecular flexibility index (Phi) is 5.10. The number of Topliss-reactive ketones (excluding diaryl/α,β-unsaturated/α-hetero) is 1. The van der Waals surface area contributed by atoms with Gasteiger partial charge in [-0.1, -0.05) is 53.8 Å². The molecule has 4 rings (SSSR count). The molecule has 0 atom stereocenters. The number of hydrogen-bond donors (Lipinski definition) is 1. The number of hydrogen-bond acceptors (Lipinski definition) is 6. The third-order valence-electron chi connectivity index (χ3n) is 3.91. The van der Waals surface area contributed by atoms with Crippen LogP contribution in [0.3, 0.4) is 0 Å². The zero-order valence-electron chi connectivity index (χ0n) is 14.9. The molecule has 2 aromatic heterocycles. The van der Waals surface area contributed by atoms with Gasteiger partial charge in [0.2, 0.25) is 5.91 Å². The molecule has 0 radical (unpaired) electrons. The van der Waals surface area contributed by atoms with Crippen molar-refractivity contribution in [1.82, 2.24) is 9.97 Å². The molecule has 0 aliphatic heterocycles. The molecule has 0 aliphatic carbocycles. The van der Waals surface area contributed by atoms with E-state index in [1.165, 1.54) is 35.7 Å². The predicted octanol–water partition coefficient (Wildman–Crippen LogP) is 5.27. The summed E-state index contributed by atoms with van der Waals surface area (Å²) in [5.74, 6) is -0.399. The lowest BCUT2D eigenvalue weighted by Gasteiger charge is -1.98. The van der Waals surface area contributed by atoms with Crippen LogP contribution in [0.2, 0.25) is 0 Å². The minimum atomic E-state index is -0.317. The molecule has 7 heteroatoms. The van der Waals surface area contributed by atoms with Crippen LogP contribution in [0.4, 0.5) is 5.13 Å². The van der Waals surface area contributed by atoms with Gasteiger partial charge in [-0.25, -0.2) is 9.97 Å². The quantitative estimate of drug-likeness (QED) is 0.362. The molecule has 0 saturated heterocycles. The third-order valence-corrected chi connectivity index (χ3v) is 5.99. The van der Waals surface area contributed by atoms with E-state index in [1.807, 2.05) is 54.6 Å². The summed E-state index contributed by atoms with van der Waals surface area (Å²) in [4.78, 5) is 33.7. The highest BCUT2D eigenvalue weighted by molar-refractivity contribution is 7.19. The van der Waals surface area contributed by atoms with Crippen LogP contribution in [0.1, 0.15) is 21.6 Å². The number of aromatic nitrogens is 2. The van der Waals surface area contributed by atoms with Crippen LogP contribution in [-0.2, 0) is 4.79 Å². The number of para-hydroxylation sites is 1. The second kappa shape index (κ2) is 7.84. The van der Waals surface area contributed by atoms with Gasteiger partial charge in [-0.05, 0) is 18.2 Å². The summed E-state index contributed by atoms with van der Waals surface area (Å²) < 4.78 is 1.07. The molecule has 1 N–H and O–H groups in total. The third kappa shape index (κ3) is 3.90. The van der Waals surface area contributed by atoms with Crippen molar-refractivity contribution >= 4 is 55.8 Å². The highest BCUT2D eigenvalue weighted by atomic mass is 32.1. The van der Waals surface area contributed by atoms with Crippen molar-refractivity contribution in [3.8, 4) is 11.3 Å². The molecule has 2 heterocycles. The van der Waals surface area contributed by atoms with E-state index in [9.17, 15) is 9.59 Å². The van der Waals surface area contributed by atoms with Gasteiger partial charge in [-0.15, -0.1) is 11.3 Å². The SMILES string of the molecule is CC(=O)c1sc(NC(=O)/C=C/c2nc3ccccc3s2)nc1-c1ccccc1. The van der Waals surface area contributed by atoms with Crippen LogP contribution in [-0.4, -0.2) is 21.7 Å². The number of nitrogens with zero attached hydrogens (tertiary/aromatic N) is 2. The van der Waals surface area contributed by atoms with E-state index in [4.69, 9.17) is 0 Å². The van der Waals surface area contributed by atoms with Crippen molar-refractivity contribution in [2.24, 2.45) is 0 Å². The molecule has 0 unspecified atom stereocenters. The Morgan fingerprint density at radius 3 is 2.46 bits per heavy atom. The summed E-state index contributed by atoms with van der Waals surface area (Å²) in [6.45, 7) is 1.50. The first-order chi connectivity index (χ1) is 13.6. The van der Waals surface area contributed by atoms with Gasteiger partial charge < -0.3 is 0 Å². The zero-order chi connectivity index (χ0) is 19.5. The molecule has 0 fully saturated rings. The van der Waals surface area contributed by atoms with Crippen LogP contribution in [0.5, 0.6) is 0 Å². The van der Waals surface area contributed by atoms with Crippen molar-refractivity contribution < 1.29 is 9.59 Å². The molecular formula is C21H15N3O2S2. The van der Waals surface area contributed by atoms with Gasteiger partial charge in [0.15, 0.2) is 10.9 Å². The van der Waals surface area contributed by atoms with Crippen molar-refractivity contribution in [3.63, 3.8) is 0 Å². The number of ketones is 1. The number of anilines is 1. The molecule has 138 valence electrons. The van der Waals surface area contributed by atoms with Crippen molar-refractivity contribution in [3.05, 3.63) is 70.6 Å². The Balaban J connectivity index is 1.53. The average Bonchev–Trinajstić information content (AvgIpc) is 3.31. The second-order valence-corrected chi connectivity index (χ2v) is 8.02. The molecule has 0 bridgehead atoms. The number of rotatable bonds is 5. The molecule has 4 aromatic rings. The minimum Gasteiger partial charge on any atom is -0.298 e. The number of thiazole rings is 2. The van der Waals surface area contributed by atoms with E-state index < -0.39 is 0 Å². The highest BCUT2D eigenvalue weighted by Gasteiger charge is 2.17. The second-order valence-electron chi connectivity index (χ2n) is 5.96. The van der Waals surface area contributed by atoms with E-state index in [1.54, 1.807) is 6.08 Å². The van der Waals surface area contributed by atoms with Gasteiger partial charge in [0.1, 0.15) is 5.01 Å². The largest absolute Gasteiger partial charge is 0.298 e. The Bertz CT molecular complexity index is 1160. The van der Waals surface area contributed by atoms with E-state index in [0.717, 1.165) is 20.8 Å². The van der Waals surface area contributed by atoms with Crippen molar-refractivity contribution in [2.75, 3.05) is 5.32 Å². The van der Waals surface area contributed by atoms with Gasteiger partial charge in [0.25, 0.3) is 0 Å². The Morgan fingerprint density at radius 2 is 1.71 bits per heavy atom. The van der Waals surface area contributed by atoms with Gasteiger partial charge in [0.05, 0.1) is 20.8 Å². The van der Waals surface area contributed by atoms with Crippen molar-refractivity contribution in [2.45, 2.75) is 6.92 Å². The van der Waals surface area contributed by atoms with Gasteiger partial charge in [0, 0.05) is 18.6 Å². The highest BCUT2D eigenvalue weighted by Crippen LogP contribution is 2.31. The number of benzene rings is 2. The molecule has 0 aliphatic rings. The maximum absolute atomic E-state index is 12.3. The summed E-state index contributed by atoms with van der Waals surface area (Å²) in [5, 5.41) is 3.88. The summed E-state index contributed by atoms with van der Waals surface area (Å²) in [5.41, 5.74) is 2.34. The Morgan fingerprint density at radius 1 is 0.964 bits per heavy atom. The minimum absolute atomic E-state index is 0.0816. The molecule has 0 spiro atoms. The van der Waals surface area contributed by atoms with Crippen LogP contribution >= 0.6 is 22.7 Å². The lowest BCUT2D eigenvalue weighted by molar-refractivity contribution is -0.111. The molecule has 28 heavy (non-hydrogen) atoms. The molecule has 0 saturated carbocycles. The summed E-state index contributed by atoms with van der Waals surface area (Å²) in [7, 11) is 0. The normalized spacial score (nSPS) is 11.2. The first-order valence-corrected chi connectivity index (χ1v) is 10.2. The number of fused-ring (bicyclic) bond motifs is 1. The van der Waals surface area contributed by atoms with E-state index in [-0.39, 0.29) is 11.7 Å². The van der Waals surface area contributed by atoms with Gasteiger partial charge in [-0.2, -0.15) is 0 Å². The van der Waals surface area contributed by atoms with E-state index in [2.05, 4.69) is 15.3 Å². The zero-order valence-corrected chi connectivity index (χ0v) is 16.5. The first-order valence-electron chi connectivity index (χ1n) is 8.52. The summed E-state index contributed by atoms with van der Waals surface area (Å²) in [6, 6.07) is 17.3. The maximum Gasteiger partial charge on any atom is 0.250 e. The number of carbonyl (C=O) groups excluding carboxylic acids is 2. The Labute approximate surface area is 169 Å². The number of nitrogens with one attached hydrogen (secondary N) is 1. The Hall–Kier alpha value is -3.16. The lowest BCUT2D eigenvalue weighted by atomic mass is 10.1. The number of amides is 1. The lowest BCUT2D eigenvalue weighted by Crippen LogP contribution is -2.07. The molecule has 5 nitrogen and oxygen atoms in total. The number of carbonyl (C=O) groups is 2. The van der Waals surface area contributed by atoms with Crippen molar-refractivity contribution in [1.29, 1.82) is 0 Å². The van der Waals surface area contributed by atoms with Gasteiger partial charge in [-0.3, -0.25) is 14.9 Å². The van der Waals surface area contributed by atoms with Crippen LogP contribution < -0.4 is 5.32 Å². The van der Waals surface area contributed by atoms with E-state index >= 15 is 0 Å². The average molecular weight is 406 g/mol. The van der Waals surface area contributed by atoms with Crippen LogP contribution in [0.25, 0.3) is 27.6 Å². The van der Waals surface area contributed by atoms with E-state index in [0.29, 0.717) is 15.7 Å². The topological polar surface area (TPSA) is 72.0 Å². The molecular weight excluding hydrogens is 390 g/mol. The standard InChI is InChI=1S/C21H15N3O2S2/c1-13(25)20-19(14-7-3-2-4-8-14)24-21(28-20)23-17(26)11-12-18-22-15-9-5-6-10-16(15)27-18/h2-12H,1H3,(H,23,24,26)/b12-11+. The first kappa shape index (κ1) is 18.2. The predicted molar refractivity (Wildman–Crippen MR) is 115 cm³/mol. The smallest absolute Gasteiger partial charge is 0.250 e. The molecule has 2 aromatic carbocycles. The summed E-state index contributed by atoms with van der Waals surface area (Å²) in [6.07, 6.45) is 3.10. The monoisotopic (exact) mass is 405 g/mol.